The molecule has 2 nitrogen and oxygen atoms in total. The minimum Gasteiger partial charge on any atom is -1.00 e. The van der Waals surface area contributed by atoms with Crippen LogP contribution in [0.4, 0.5) is 0 Å². The fourth-order valence-corrected chi connectivity index (χ4v) is 3.09. The summed E-state index contributed by atoms with van der Waals surface area (Å²) in [6.07, 6.45) is 8.30. The fraction of sp³-hybridized carbons (Fsp3) is 0.130. The second-order valence-corrected chi connectivity index (χ2v) is 6.34. The van der Waals surface area contributed by atoms with Crippen molar-refractivity contribution in [2.45, 2.75) is 20.3 Å². The Kier molecular flexibility index (Phi) is 9.49. The molecule has 0 fully saturated rings. The molecule has 0 saturated carbocycles. The number of nitrogens with zero attached hydrogens (tertiary/aromatic N) is 2. The molecule has 0 N–H and O–H groups in total. The molecule has 0 spiro atoms. The Labute approximate surface area is 197 Å². The average molecular weight is 574 g/mol. The third-order valence-electron chi connectivity index (χ3n) is 4.70. The molecule has 4 aromatic rings. The number of imidazole rings is 1. The monoisotopic (exact) mass is 574 g/mol. The van der Waals surface area contributed by atoms with E-state index in [2.05, 4.69) is 78.0 Å². The van der Waals surface area contributed by atoms with E-state index in [1.165, 1.54) is 27.6 Å². The average Bonchev–Trinajstić information content (AvgIpc) is 3.34. The number of allylic oxidation sites excluding steroid dienone is 4. The van der Waals surface area contributed by atoms with Gasteiger partial charge in [-0.25, -0.2) is 16.1 Å². The van der Waals surface area contributed by atoms with Gasteiger partial charge in [0.2, 0.25) is 0 Å². The van der Waals surface area contributed by atoms with Gasteiger partial charge < -0.3 is 29.4 Å². The van der Waals surface area contributed by atoms with Crippen molar-refractivity contribution >= 4 is 21.8 Å². The topological polar surface area (TPSA) is 17.8 Å². The standard InChI is InChI=1S/C16H11N2.C7H9.2ClH.Hf/c1-2-6-13-10-14(9-12(13)5-1)18-11-17-15-7-3-4-8-16(15)18;1-6-4-3-5-7(6)2;;;/h1-11H;4H,3H2,1-2H3;2*1H;/q2*-1;;;+4/p-2. The van der Waals surface area contributed by atoms with Crippen LogP contribution in [0.2, 0.25) is 0 Å². The van der Waals surface area contributed by atoms with E-state index in [9.17, 15) is 0 Å². The van der Waals surface area contributed by atoms with E-state index in [0.29, 0.717) is 0 Å². The van der Waals surface area contributed by atoms with Crippen LogP contribution in [-0.2, 0) is 25.8 Å². The van der Waals surface area contributed by atoms with Crippen LogP contribution in [0.15, 0.2) is 84.2 Å². The van der Waals surface area contributed by atoms with Gasteiger partial charge in [-0.3, -0.25) is 6.08 Å². The number of benzene rings is 2. The second-order valence-electron chi connectivity index (χ2n) is 6.34. The Bertz CT molecular complexity index is 1060. The van der Waals surface area contributed by atoms with Crippen molar-refractivity contribution in [3.63, 3.8) is 0 Å². The molecule has 0 bridgehead atoms. The van der Waals surface area contributed by atoms with Gasteiger partial charge in [-0.05, 0) is 17.8 Å². The summed E-state index contributed by atoms with van der Waals surface area (Å²) in [4.78, 5) is 4.43. The number of rotatable bonds is 1. The molecule has 1 aliphatic carbocycles. The molecule has 0 atom stereocenters. The van der Waals surface area contributed by atoms with E-state index in [0.717, 1.165) is 17.5 Å². The number of halogens is 2. The Balaban J connectivity index is 0.000000341. The van der Waals surface area contributed by atoms with Crippen LogP contribution in [0, 0.1) is 6.08 Å². The van der Waals surface area contributed by atoms with Gasteiger partial charge in [0.15, 0.2) is 0 Å². The van der Waals surface area contributed by atoms with Crippen molar-refractivity contribution in [2.24, 2.45) is 0 Å². The van der Waals surface area contributed by atoms with E-state index in [1.807, 2.05) is 24.5 Å². The minimum absolute atomic E-state index is 0. The Hall–Kier alpha value is -1.55. The molecule has 3 aromatic carbocycles. The van der Waals surface area contributed by atoms with Gasteiger partial charge in [0.05, 0.1) is 17.4 Å². The number of fused-ring (bicyclic) bond motifs is 2. The molecule has 0 radical (unpaired) electrons. The van der Waals surface area contributed by atoms with E-state index >= 15 is 0 Å². The van der Waals surface area contributed by atoms with E-state index in [-0.39, 0.29) is 50.7 Å². The SMILES string of the molecule is CC1=[C-]CC=C1C.[Cl-].[Cl-].[Hf+4].c1ccc2[cH-]c(-n3cnc4ccccc43)cc2c1. The number of aromatic nitrogens is 2. The fourth-order valence-electron chi connectivity index (χ4n) is 3.09. The maximum absolute atomic E-state index is 4.43. The maximum atomic E-state index is 4.43. The molecule has 1 aliphatic rings. The molecule has 28 heavy (non-hydrogen) atoms. The van der Waals surface area contributed by atoms with Gasteiger partial charge in [0.1, 0.15) is 0 Å². The first-order valence-electron chi connectivity index (χ1n) is 8.55. The number of hydrogen-bond donors (Lipinski definition) is 0. The summed E-state index contributed by atoms with van der Waals surface area (Å²) >= 11 is 0. The van der Waals surface area contributed by atoms with Crippen molar-refractivity contribution in [3.05, 3.63) is 90.3 Å². The van der Waals surface area contributed by atoms with Crippen molar-refractivity contribution in [1.29, 1.82) is 0 Å². The summed E-state index contributed by atoms with van der Waals surface area (Å²) < 4.78 is 2.13. The molecule has 0 unspecified atom stereocenters. The maximum Gasteiger partial charge on any atom is 4.00 e. The quantitative estimate of drug-likeness (QED) is 0.232. The van der Waals surface area contributed by atoms with Gasteiger partial charge in [0.25, 0.3) is 0 Å². The molecule has 1 heterocycles. The van der Waals surface area contributed by atoms with Gasteiger partial charge >= 0.3 is 25.8 Å². The Morgan fingerprint density at radius 1 is 1.00 bits per heavy atom. The van der Waals surface area contributed by atoms with Crippen LogP contribution in [0.25, 0.3) is 27.5 Å². The zero-order valence-corrected chi connectivity index (χ0v) is 20.9. The summed E-state index contributed by atoms with van der Waals surface area (Å²) in [5, 5.41) is 2.54. The smallest absolute Gasteiger partial charge is 1.00 e. The summed E-state index contributed by atoms with van der Waals surface area (Å²) in [6, 6.07) is 21.0. The van der Waals surface area contributed by atoms with Crippen molar-refractivity contribution in [3.8, 4) is 5.69 Å². The molecule has 0 amide bonds. The van der Waals surface area contributed by atoms with Gasteiger partial charge in [0, 0.05) is 0 Å². The largest absolute Gasteiger partial charge is 4.00 e. The van der Waals surface area contributed by atoms with Crippen LogP contribution >= 0.6 is 0 Å². The van der Waals surface area contributed by atoms with Gasteiger partial charge in [-0.1, -0.05) is 25.1 Å². The predicted molar refractivity (Wildman–Crippen MR) is 105 cm³/mol. The Morgan fingerprint density at radius 3 is 2.36 bits per heavy atom. The first-order valence-corrected chi connectivity index (χ1v) is 8.55. The van der Waals surface area contributed by atoms with Crippen LogP contribution in [-0.4, -0.2) is 9.55 Å². The summed E-state index contributed by atoms with van der Waals surface area (Å²) in [5.41, 5.74) is 6.06. The summed E-state index contributed by atoms with van der Waals surface area (Å²) in [7, 11) is 0. The molecular weight excluding hydrogens is 554 g/mol. The zero-order chi connectivity index (χ0) is 17.2. The van der Waals surface area contributed by atoms with E-state index < -0.39 is 0 Å². The van der Waals surface area contributed by atoms with Gasteiger partial charge in [-0.2, -0.15) is 6.08 Å². The summed E-state index contributed by atoms with van der Waals surface area (Å²) in [5.74, 6) is 0. The molecule has 5 rings (SSSR count). The van der Waals surface area contributed by atoms with Crippen molar-refractivity contribution < 1.29 is 50.7 Å². The molecule has 5 heteroatoms. The molecular formula is C23H20Cl2HfN2. The first kappa shape index (κ1) is 24.5. The van der Waals surface area contributed by atoms with E-state index in [4.69, 9.17) is 0 Å². The zero-order valence-electron chi connectivity index (χ0n) is 15.8. The predicted octanol–water partition coefficient (Wildman–Crippen LogP) is -0.0110. The Morgan fingerprint density at radius 2 is 1.71 bits per heavy atom. The van der Waals surface area contributed by atoms with Crippen LogP contribution < -0.4 is 24.8 Å². The van der Waals surface area contributed by atoms with E-state index in [1.54, 1.807) is 0 Å². The number of para-hydroxylation sites is 2. The van der Waals surface area contributed by atoms with Crippen LogP contribution in [0.5, 0.6) is 0 Å². The molecule has 1 aromatic heterocycles. The van der Waals surface area contributed by atoms with Crippen LogP contribution in [0.3, 0.4) is 0 Å². The summed E-state index contributed by atoms with van der Waals surface area (Å²) in [6.45, 7) is 4.22. The second kappa shape index (κ2) is 10.8. The van der Waals surface area contributed by atoms with Crippen LogP contribution in [0.1, 0.15) is 20.3 Å². The normalized spacial score (nSPS) is 12.1. The molecule has 0 saturated heterocycles. The molecule has 0 aliphatic heterocycles. The van der Waals surface area contributed by atoms with Crippen molar-refractivity contribution in [1.82, 2.24) is 9.55 Å². The first-order chi connectivity index (χ1) is 12.2. The third kappa shape index (κ3) is 5.08. The third-order valence-corrected chi connectivity index (χ3v) is 4.70. The minimum atomic E-state index is 0. The van der Waals surface area contributed by atoms with Crippen molar-refractivity contribution in [2.75, 3.05) is 0 Å². The number of hydrogen-bond acceptors (Lipinski definition) is 1. The van der Waals surface area contributed by atoms with Gasteiger partial charge in [-0.15, -0.1) is 54.4 Å². The molecule has 140 valence electrons.